The van der Waals surface area contributed by atoms with Crippen molar-refractivity contribution < 1.29 is 0 Å². The molecule has 0 fully saturated rings. The Labute approximate surface area is 148 Å². The number of rotatable bonds is 7. The smallest absolute Gasteiger partial charge is 0.0104 e. The molecular formula is C23H33N. The third kappa shape index (κ3) is 4.70. The van der Waals surface area contributed by atoms with E-state index < -0.39 is 0 Å². The van der Waals surface area contributed by atoms with E-state index >= 15 is 0 Å². The first-order valence-electron chi connectivity index (χ1n) is 9.28. The van der Waals surface area contributed by atoms with Crippen molar-refractivity contribution in [3.8, 4) is 0 Å². The SMILES string of the molecule is Cc1ccc(C)c([C@H](CCN(C(C)C)C(C)C)c2ccccc2)c1. The quantitative estimate of drug-likeness (QED) is 0.609. The first-order valence-corrected chi connectivity index (χ1v) is 9.28. The molecule has 0 saturated heterocycles. The van der Waals surface area contributed by atoms with Crippen molar-refractivity contribution in [2.24, 2.45) is 0 Å². The van der Waals surface area contributed by atoms with E-state index in [1.54, 1.807) is 0 Å². The minimum atomic E-state index is 0.464. The largest absolute Gasteiger partial charge is 0.299 e. The molecule has 0 N–H and O–H groups in total. The molecule has 2 rings (SSSR count). The maximum Gasteiger partial charge on any atom is 0.0104 e. The van der Waals surface area contributed by atoms with E-state index in [0.29, 0.717) is 18.0 Å². The van der Waals surface area contributed by atoms with E-state index in [1.807, 2.05) is 0 Å². The molecule has 0 aliphatic rings. The molecule has 2 aromatic rings. The first-order chi connectivity index (χ1) is 11.4. The van der Waals surface area contributed by atoms with Gasteiger partial charge >= 0.3 is 0 Å². The number of hydrogen-bond donors (Lipinski definition) is 0. The maximum atomic E-state index is 2.60. The molecule has 0 heterocycles. The third-order valence-corrected chi connectivity index (χ3v) is 5.01. The molecule has 0 bridgehead atoms. The fourth-order valence-corrected chi connectivity index (χ4v) is 3.71. The zero-order chi connectivity index (χ0) is 17.7. The Morgan fingerprint density at radius 2 is 1.46 bits per heavy atom. The standard InChI is InChI=1S/C23H33N/c1-17(2)24(18(3)4)15-14-22(21-10-8-7-9-11-21)23-16-19(5)12-13-20(23)6/h7-13,16-18,22H,14-15H2,1-6H3/t22-/m1/s1. The van der Waals surface area contributed by atoms with Gasteiger partial charge in [-0.05, 0) is 71.2 Å². The molecule has 0 radical (unpaired) electrons. The highest BCUT2D eigenvalue weighted by molar-refractivity contribution is 5.39. The summed E-state index contributed by atoms with van der Waals surface area (Å²) in [6.07, 6.45) is 1.16. The number of benzene rings is 2. The van der Waals surface area contributed by atoms with Crippen LogP contribution < -0.4 is 0 Å². The fourth-order valence-electron chi connectivity index (χ4n) is 3.71. The second-order valence-corrected chi connectivity index (χ2v) is 7.54. The van der Waals surface area contributed by atoms with E-state index in [9.17, 15) is 0 Å². The summed E-state index contributed by atoms with van der Waals surface area (Å²) in [5.41, 5.74) is 5.66. The van der Waals surface area contributed by atoms with Gasteiger partial charge < -0.3 is 0 Å². The topological polar surface area (TPSA) is 3.24 Å². The summed E-state index contributed by atoms with van der Waals surface area (Å²) in [6, 6.07) is 19.0. The van der Waals surface area contributed by atoms with Crippen LogP contribution in [0.5, 0.6) is 0 Å². The minimum Gasteiger partial charge on any atom is -0.299 e. The molecule has 1 nitrogen and oxygen atoms in total. The maximum absolute atomic E-state index is 2.60. The van der Waals surface area contributed by atoms with Gasteiger partial charge in [0.05, 0.1) is 0 Å². The van der Waals surface area contributed by atoms with Gasteiger partial charge in [-0.2, -0.15) is 0 Å². The van der Waals surface area contributed by atoms with E-state index in [2.05, 4.69) is 95.0 Å². The van der Waals surface area contributed by atoms with E-state index in [1.165, 1.54) is 22.3 Å². The van der Waals surface area contributed by atoms with Gasteiger partial charge in [0, 0.05) is 18.0 Å². The number of hydrogen-bond acceptors (Lipinski definition) is 1. The molecule has 2 aromatic carbocycles. The van der Waals surface area contributed by atoms with Crippen LogP contribution >= 0.6 is 0 Å². The van der Waals surface area contributed by atoms with Gasteiger partial charge in [0.25, 0.3) is 0 Å². The molecule has 1 atom stereocenters. The predicted octanol–water partition coefficient (Wildman–Crippen LogP) is 5.94. The van der Waals surface area contributed by atoms with E-state index in [-0.39, 0.29) is 0 Å². The van der Waals surface area contributed by atoms with Gasteiger partial charge in [0.1, 0.15) is 0 Å². The summed E-state index contributed by atoms with van der Waals surface area (Å²) in [6.45, 7) is 14.8. The normalized spacial score (nSPS) is 13.0. The summed E-state index contributed by atoms with van der Waals surface area (Å²) < 4.78 is 0. The molecule has 0 amide bonds. The van der Waals surface area contributed by atoms with Crippen LogP contribution in [0.4, 0.5) is 0 Å². The summed E-state index contributed by atoms with van der Waals surface area (Å²) in [5.74, 6) is 0.464. The lowest BCUT2D eigenvalue weighted by Crippen LogP contribution is -2.38. The molecule has 1 heteroatoms. The monoisotopic (exact) mass is 323 g/mol. The van der Waals surface area contributed by atoms with Crippen LogP contribution in [0.3, 0.4) is 0 Å². The fraction of sp³-hybridized carbons (Fsp3) is 0.478. The molecule has 0 unspecified atom stereocenters. The average molecular weight is 324 g/mol. The second-order valence-electron chi connectivity index (χ2n) is 7.54. The molecule has 130 valence electrons. The molecule has 0 aliphatic carbocycles. The highest BCUT2D eigenvalue weighted by atomic mass is 15.2. The van der Waals surface area contributed by atoms with E-state index in [0.717, 1.165) is 13.0 Å². The Bertz CT molecular complexity index is 620. The second kappa shape index (κ2) is 8.48. The van der Waals surface area contributed by atoms with Crippen LogP contribution in [-0.2, 0) is 0 Å². The number of aryl methyl sites for hydroxylation is 2. The third-order valence-electron chi connectivity index (χ3n) is 5.01. The molecule has 0 aromatic heterocycles. The van der Waals surface area contributed by atoms with Crippen LogP contribution in [0.1, 0.15) is 62.3 Å². The summed E-state index contributed by atoms with van der Waals surface area (Å²) in [7, 11) is 0. The number of nitrogens with zero attached hydrogens (tertiary/aromatic N) is 1. The predicted molar refractivity (Wildman–Crippen MR) is 106 cm³/mol. The lowest BCUT2D eigenvalue weighted by atomic mass is 9.85. The van der Waals surface area contributed by atoms with Crippen molar-refractivity contribution in [2.75, 3.05) is 6.54 Å². The van der Waals surface area contributed by atoms with Gasteiger partial charge in [-0.3, -0.25) is 4.90 Å². The Morgan fingerprint density at radius 1 is 0.833 bits per heavy atom. The molecular weight excluding hydrogens is 290 g/mol. The van der Waals surface area contributed by atoms with Crippen molar-refractivity contribution in [1.82, 2.24) is 4.90 Å². The average Bonchev–Trinajstić information content (AvgIpc) is 2.54. The lowest BCUT2D eigenvalue weighted by Gasteiger charge is -2.32. The molecule has 0 aliphatic heterocycles. The molecule has 0 spiro atoms. The Hall–Kier alpha value is -1.60. The van der Waals surface area contributed by atoms with Gasteiger partial charge in [-0.25, -0.2) is 0 Å². The van der Waals surface area contributed by atoms with Gasteiger partial charge in [0.2, 0.25) is 0 Å². The van der Waals surface area contributed by atoms with Crippen LogP contribution in [-0.4, -0.2) is 23.5 Å². The Kier molecular flexibility index (Phi) is 6.62. The molecule has 0 saturated carbocycles. The van der Waals surface area contributed by atoms with E-state index in [4.69, 9.17) is 0 Å². The van der Waals surface area contributed by atoms with Gasteiger partial charge in [-0.15, -0.1) is 0 Å². The first kappa shape index (κ1) is 18.7. The minimum absolute atomic E-state index is 0.464. The van der Waals surface area contributed by atoms with Gasteiger partial charge in [0.15, 0.2) is 0 Å². The van der Waals surface area contributed by atoms with Crippen LogP contribution in [0.25, 0.3) is 0 Å². The zero-order valence-corrected chi connectivity index (χ0v) is 16.2. The van der Waals surface area contributed by atoms with Crippen molar-refractivity contribution in [2.45, 2.75) is 66.0 Å². The van der Waals surface area contributed by atoms with Crippen molar-refractivity contribution in [1.29, 1.82) is 0 Å². The summed E-state index contributed by atoms with van der Waals surface area (Å²) in [5, 5.41) is 0. The summed E-state index contributed by atoms with van der Waals surface area (Å²) in [4.78, 5) is 2.60. The van der Waals surface area contributed by atoms with Crippen molar-refractivity contribution in [3.05, 3.63) is 70.8 Å². The van der Waals surface area contributed by atoms with Crippen molar-refractivity contribution in [3.63, 3.8) is 0 Å². The van der Waals surface area contributed by atoms with Crippen LogP contribution in [0.2, 0.25) is 0 Å². The molecule has 24 heavy (non-hydrogen) atoms. The highest BCUT2D eigenvalue weighted by Crippen LogP contribution is 2.31. The van der Waals surface area contributed by atoms with Gasteiger partial charge in [-0.1, -0.05) is 54.1 Å². The van der Waals surface area contributed by atoms with Crippen LogP contribution in [0, 0.1) is 13.8 Å². The van der Waals surface area contributed by atoms with Crippen molar-refractivity contribution >= 4 is 0 Å². The Morgan fingerprint density at radius 3 is 2.04 bits per heavy atom. The van der Waals surface area contributed by atoms with Crippen LogP contribution in [0.15, 0.2) is 48.5 Å². The lowest BCUT2D eigenvalue weighted by molar-refractivity contribution is 0.170. The Balaban J connectivity index is 2.32. The zero-order valence-electron chi connectivity index (χ0n) is 16.2. The summed E-state index contributed by atoms with van der Waals surface area (Å²) >= 11 is 0. The highest BCUT2D eigenvalue weighted by Gasteiger charge is 2.20.